The van der Waals surface area contributed by atoms with E-state index in [-0.39, 0.29) is 11.1 Å². The summed E-state index contributed by atoms with van der Waals surface area (Å²) in [5, 5.41) is 3.76. The van der Waals surface area contributed by atoms with Gasteiger partial charge in [0.05, 0.1) is 11.1 Å². The van der Waals surface area contributed by atoms with E-state index in [1.165, 1.54) is 0 Å². The molecule has 2 rings (SSSR count). The molecule has 19 heavy (non-hydrogen) atoms. The molecule has 1 aromatic heterocycles. The third kappa shape index (κ3) is 3.52. The van der Waals surface area contributed by atoms with E-state index in [1.54, 1.807) is 18.4 Å². The molecule has 2 aromatic rings. The van der Waals surface area contributed by atoms with Crippen LogP contribution >= 0.6 is 11.6 Å². The molecular weight excluding hydrogens is 284 g/mol. The van der Waals surface area contributed by atoms with Gasteiger partial charge in [-0.15, -0.1) is 0 Å². The molecule has 0 spiro atoms. The Kier molecular flexibility index (Phi) is 4.50. The van der Waals surface area contributed by atoms with Crippen LogP contribution in [0, 0.1) is 0 Å². The maximum Gasteiger partial charge on any atom is 0.252 e. The molecule has 1 aromatic carbocycles. The van der Waals surface area contributed by atoms with Gasteiger partial charge in [0.25, 0.3) is 5.91 Å². The van der Waals surface area contributed by atoms with Crippen molar-refractivity contribution in [2.75, 3.05) is 18.6 Å². The first-order chi connectivity index (χ1) is 9.08. The van der Waals surface area contributed by atoms with Gasteiger partial charge in [-0.1, -0.05) is 29.8 Å². The Hall–Kier alpha value is -1.46. The molecule has 0 bridgehead atoms. The first-order valence-corrected chi connectivity index (χ1v) is 7.82. The largest absolute Gasteiger partial charge is 0.351 e. The van der Waals surface area contributed by atoms with E-state index in [0.717, 1.165) is 5.39 Å². The van der Waals surface area contributed by atoms with Crippen LogP contribution in [0.15, 0.2) is 30.3 Å². The van der Waals surface area contributed by atoms with Crippen LogP contribution in [0.4, 0.5) is 0 Å². The van der Waals surface area contributed by atoms with E-state index in [9.17, 15) is 9.00 Å². The van der Waals surface area contributed by atoms with Crippen molar-refractivity contribution in [3.05, 3.63) is 41.0 Å². The number of carbonyl (C=O) groups excluding carboxylic acids is 1. The molecule has 1 atom stereocenters. The Bertz CT molecular complexity index is 646. The molecule has 0 saturated heterocycles. The van der Waals surface area contributed by atoms with E-state index in [1.807, 2.05) is 18.2 Å². The van der Waals surface area contributed by atoms with Gasteiger partial charge in [0.2, 0.25) is 0 Å². The molecule has 100 valence electrons. The average Bonchev–Trinajstić information content (AvgIpc) is 2.37. The third-order valence-electron chi connectivity index (χ3n) is 2.60. The molecule has 0 saturated carbocycles. The molecule has 1 amide bonds. The standard InChI is InChI=1S/C13H13ClN2O2S/c1-19(18)7-6-15-13(17)10-8-12(14)16-11-5-3-2-4-9(10)11/h2-5,8H,6-7H2,1H3,(H,15,17). The SMILES string of the molecule is CS(=O)CCNC(=O)c1cc(Cl)nc2ccccc12. The number of hydrogen-bond donors (Lipinski definition) is 1. The zero-order valence-corrected chi connectivity index (χ0v) is 11.9. The van der Waals surface area contributed by atoms with Crippen LogP contribution in [0.5, 0.6) is 0 Å². The van der Waals surface area contributed by atoms with E-state index < -0.39 is 10.8 Å². The van der Waals surface area contributed by atoms with Gasteiger partial charge in [-0.2, -0.15) is 0 Å². The van der Waals surface area contributed by atoms with Crippen molar-refractivity contribution in [3.63, 3.8) is 0 Å². The summed E-state index contributed by atoms with van der Waals surface area (Å²) in [6.45, 7) is 0.371. The van der Waals surface area contributed by atoms with Gasteiger partial charge >= 0.3 is 0 Å². The lowest BCUT2D eigenvalue weighted by atomic mass is 10.1. The number of rotatable bonds is 4. The van der Waals surface area contributed by atoms with E-state index in [2.05, 4.69) is 10.3 Å². The summed E-state index contributed by atoms with van der Waals surface area (Å²) >= 11 is 5.91. The molecule has 0 fully saturated rings. The van der Waals surface area contributed by atoms with Crippen LogP contribution in [0.3, 0.4) is 0 Å². The van der Waals surface area contributed by atoms with E-state index in [4.69, 9.17) is 11.6 Å². The zero-order valence-electron chi connectivity index (χ0n) is 10.4. The summed E-state index contributed by atoms with van der Waals surface area (Å²) in [6, 6.07) is 8.86. The monoisotopic (exact) mass is 296 g/mol. The Morgan fingerprint density at radius 2 is 2.16 bits per heavy atom. The smallest absolute Gasteiger partial charge is 0.252 e. The van der Waals surface area contributed by atoms with Crippen molar-refractivity contribution in [2.45, 2.75) is 0 Å². The summed E-state index contributed by atoms with van der Waals surface area (Å²) in [4.78, 5) is 16.3. The molecule has 4 nitrogen and oxygen atoms in total. The van der Waals surface area contributed by atoms with Gasteiger partial charge < -0.3 is 5.32 Å². The second-order valence-electron chi connectivity index (χ2n) is 4.04. The lowest BCUT2D eigenvalue weighted by molar-refractivity contribution is 0.0957. The minimum atomic E-state index is -0.923. The first kappa shape index (κ1) is 14.0. The van der Waals surface area contributed by atoms with Gasteiger partial charge in [-0.05, 0) is 12.1 Å². The Labute approximate surface area is 118 Å². The molecule has 0 aliphatic heterocycles. The highest BCUT2D eigenvalue weighted by Crippen LogP contribution is 2.20. The molecule has 1 N–H and O–H groups in total. The molecule has 0 aliphatic rings. The van der Waals surface area contributed by atoms with Gasteiger partial charge in [0.1, 0.15) is 5.15 Å². The van der Waals surface area contributed by atoms with Crippen LogP contribution in [-0.4, -0.2) is 33.7 Å². The molecule has 0 aliphatic carbocycles. The molecular formula is C13H13ClN2O2S. The number of halogens is 1. The summed E-state index contributed by atoms with van der Waals surface area (Å²) in [5.41, 5.74) is 1.16. The molecule has 1 unspecified atom stereocenters. The number of amides is 1. The Morgan fingerprint density at radius 1 is 1.42 bits per heavy atom. The summed E-state index contributed by atoms with van der Waals surface area (Å²) in [7, 11) is -0.923. The fourth-order valence-electron chi connectivity index (χ4n) is 1.73. The summed E-state index contributed by atoms with van der Waals surface area (Å²) in [6.07, 6.45) is 1.60. The van der Waals surface area contributed by atoms with Crippen molar-refractivity contribution in [3.8, 4) is 0 Å². The number of benzene rings is 1. The fraction of sp³-hybridized carbons (Fsp3) is 0.231. The minimum absolute atomic E-state index is 0.231. The predicted octanol–water partition coefficient (Wildman–Crippen LogP) is 2.00. The fourth-order valence-corrected chi connectivity index (χ4v) is 2.32. The lowest BCUT2D eigenvalue weighted by Gasteiger charge is -2.07. The van der Waals surface area contributed by atoms with E-state index >= 15 is 0 Å². The van der Waals surface area contributed by atoms with Crippen molar-refractivity contribution >= 4 is 39.2 Å². The maximum atomic E-state index is 12.1. The number of hydrogen-bond acceptors (Lipinski definition) is 3. The Morgan fingerprint density at radius 3 is 2.89 bits per heavy atom. The van der Waals surface area contributed by atoms with Crippen molar-refractivity contribution in [1.29, 1.82) is 0 Å². The van der Waals surface area contributed by atoms with Crippen molar-refractivity contribution < 1.29 is 9.00 Å². The quantitative estimate of drug-likeness (QED) is 0.878. The van der Waals surface area contributed by atoms with E-state index in [0.29, 0.717) is 23.4 Å². The first-order valence-electron chi connectivity index (χ1n) is 5.71. The van der Waals surface area contributed by atoms with Crippen LogP contribution in [0.2, 0.25) is 5.15 Å². The highest BCUT2D eigenvalue weighted by atomic mass is 35.5. The third-order valence-corrected chi connectivity index (χ3v) is 3.58. The minimum Gasteiger partial charge on any atom is -0.351 e. The number of para-hydroxylation sites is 1. The number of fused-ring (bicyclic) bond motifs is 1. The average molecular weight is 297 g/mol. The Balaban J connectivity index is 2.28. The zero-order chi connectivity index (χ0) is 13.8. The summed E-state index contributed by atoms with van der Waals surface area (Å²) in [5.74, 6) is 0.202. The topological polar surface area (TPSA) is 59.1 Å². The number of carbonyl (C=O) groups is 1. The van der Waals surface area contributed by atoms with Gasteiger partial charge in [-0.25, -0.2) is 4.98 Å². The molecule has 6 heteroatoms. The summed E-state index contributed by atoms with van der Waals surface area (Å²) < 4.78 is 11.0. The second kappa shape index (κ2) is 6.12. The number of aromatic nitrogens is 1. The number of nitrogens with one attached hydrogen (secondary N) is 1. The van der Waals surface area contributed by atoms with Crippen LogP contribution in [-0.2, 0) is 10.8 Å². The highest BCUT2D eigenvalue weighted by Gasteiger charge is 2.11. The predicted molar refractivity (Wildman–Crippen MR) is 78.0 cm³/mol. The van der Waals surface area contributed by atoms with Crippen molar-refractivity contribution in [1.82, 2.24) is 10.3 Å². The normalized spacial score (nSPS) is 12.3. The molecule has 0 radical (unpaired) electrons. The van der Waals surface area contributed by atoms with Gasteiger partial charge in [0.15, 0.2) is 0 Å². The van der Waals surface area contributed by atoms with Crippen LogP contribution in [0.25, 0.3) is 10.9 Å². The van der Waals surface area contributed by atoms with Gasteiger partial charge in [0, 0.05) is 34.7 Å². The van der Waals surface area contributed by atoms with Crippen LogP contribution in [0.1, 0.15) is 10.4 Å². The highest BCUT2D eigenvalue weighted by molar-refractivity contribution is 7.84. The number of nitrogens with zero attached hydrogens (tertiary/aromatic N) is 1. The number of pyridine rings is 1. The maximum absolute atomic E-state index is 12.1. The van der Waals surface area contributed by atoms with Crippen LogP contribution < -0.4 is 5.32 Å². The second-order valence-corrected chi connectivity index (χ2v) is 5.98. The molecule has 1 heterocycles. The van der Waals surface area contributed by atoms with Gasteiger partial charge in [-0.3, -0.25) is 9.00 Å². The van der Waals surface area contributed by atoms with Crippen molar-refractivity contribution in [2.24, 2.45) is 0 Å². The lowest BCUT2D eigenvalue weighted by Crippen LogP contribution is -2.27.